The molecule has 0 bridgehead atoms. The van der Waals surface area contributed by atoms with Crippen molar-refractivity contribution in [1.82, 2.24) is 9.80 Å². The maximum Gasteiger partial charge on any atom is 0.123 e. The van der Waals surface area contributed by atoms with Gasteiger partial charge < -0.3 is 4.90 Å². The molecule has 2 atom stereocenters. The second-order valence-corrected chi connectivity index (χ2v) is 6.48. The molecule has 0 N–H and O–H groups in total. The van der Waals surface area contributed by atoms with Gasteiger partial charge in [-0.2, -0.15) is 0 Å². The maximum absolute atomic E-state index is 13.8. The summed E-state index contributed by atoms with van der Waals surface area (Å²) in [5, 5.41) is 0.805. The fraction of sp³-hybridized carbons (Fsp3) is 0.500. The van der Waals surface area contributed by atoms with E-state index in [0.29, 0.717) is 6.04 Å². The van der Waals surface area contributed by atoms with Crippen LogP contribution in [-0.4, -0.2) is 35.5 Å². The van der Waals surface area contributed by atoms with E-state index >= 15 is 0 Å². The highest BCUT2D eigenvalue weighted by atomic mass is 35.5. The van der Waals surface area contributed by atoms with Gasteiger partial charge in [-0.15, -0.1) is 0 Å². The molecule has 106 valence electrons. The average molecular weight is 293 g/mol. The summed E-state index contributed by atoms with van der Waals surface area (Å²) in [5.41, 5.74) is 2.31. The molecule has 4 heteroatoms. The summed E-state index contributed by atoms with van der Waals surface area (Å²) in [6.45, 7) is 3.33. The minimum Gasteiger partial charge on any atom is -0.347 e. The van der Waals surface area contributed by atoms with Gasteiger partial charge in [0.25, 0.3) is 0 Å². The zero-order chi connectivity index (χ0) is 13.7. The largest absolute Gasteiger partial charge is 0.347 e. The number of nitrogens with zero attached hydrogens (tertiary/aromatic N) is 2. The molecule has 2 nitrogen and oxygen atoms in total. The molecule has 0 amide bonds. The van der Waals surface area contributed by atoms with Crippen LogP contribution in [-0.2, 0) is 0 Å². The quantitative estimate of drug-likeness (QED) is 0.729. The van der Waals surface area contributed by atoms with Gasteiger partial charge in [-0.05, 0) is 50.1 Å². The predicted octanol–water partition coefficient (Wildman–Crippen LogP) is 3.54. The van der Waals surface area contributed by atoms with Crippen LogP contribution in [0.2, 0.25) is 0 Å². The molecule has 4 aliphatic rings. The first-order chi connectivity index (χ1) is 9.72. The van der Waals surface area contributed by atoms with Gasteiger partial charge >= 0.3 is 0 Å². The van der Waals surface area contributed by atoms with Crippen LogP contribution >= 0.6 is 11.6 Å². The summed E-state index contributed by atoms with van der Waals surface area (Å²) in [7, 11) is 0. The lowest BCUT2D eigenvalue weighted by Crippen LogP contribution is -2.44. The Labute approximate surface area is 123 Å². The first kappa shape index (κ1) is 12.7. The molecule has 0 aromatic heterocycles. The van der Waals surface area contributed by atoms with Crippen LogP contribution in [0, 0.1) is 5.92 Å². The van der Waals surface area contributed by atoms with Crippen LogP contribution in [0.3, 0.4) is 0 Å². The van der Waals surface area contributed by atoms with Crippen LogP contribution in [0.15, 0.2) is 46.6 Å². The summed E-state index contributed by atoms with van der Waals surface area (Å²) >= 11 is 6.35. The van der Waals surface area contributed by atoms with Gasteiger partial charge in [-0.1, -0.05) is 17.7 Å². The van der Waals surface area contributed by atoms with Crippen molar-refractivity contribution < 1.29 is 4.39 Å². The minimum absolute atomic E-state index is 0.0516. The minimum atomic E-state index is -0.159. The first-order valence-corrected chi connectivity index (χ1v) is 7.76. The molecule has 0 aromatic rings. The second-order valence-electron chi connectivity index (χ2n) is 6.04. The first-order valence-electron chi connectivity index (χ1n) is 7.39. The normalized spacial score (nSPS) is 33.2. The Bertz CT molecular complexity index is 555. The molecular formula is C16H18ClFN2. The number of hydrogen-bond acceptors (Lipinski definition) is 2. The molecule has 3 heterocycles. The van der Waals surface area contributed by atoms with Crippen LogP contribution in [0.25, 0.3) is 0 Å². The zero-order valence-electron chi connectivity index (χ0n) is 11.4. The van der Waals surface area contributed by atoms with Gasteiger partial charge in [0.1, 0.15) is 5.83 Å². The van der Waals surface area contributed by atoms with E-state index in [0.717, 1.165) is 23.6 Å². The molecule has 2 unspecified atom stereocenters. The maximum atomic E-state index is 13.8. The molecule has 1 aliphatic carbocycles. The highest BCUT2D eigenvalue weighted by Gasteiger charge is 2.38. The Balaban J connectivity index is 1.71. The second kappa shape index (κ2) is 4.74. The van der Waals surface area contributed by atoms with Crippen molar-refractivity contribution in [2.24, 2.45) is 5.92 Å². The van der Waals surface area contributed by atoms with E-state index in [2.05, 4.69) is 9.80 Å². The topological polar surface area (TPSA) is 6.48 Å². The molecule has 1 fully saturated rings. The third-order valence-corrected chi connectivity index (χ3v) is 5.12. The summed E-state index contributed by atoms with van der Waals surface area (Å²) in [6.07, 6.45) is 10.7. The molecular weight excluding hydrogens is 275 g/mol. The van der Waals surface area contributed by atoms with E-state index in [1.807, 2.05) is 12.3 Å². The van der Waals surface area contributed by atoms with Gasteiger partial charge in [-0.3, -0.25) is 4.90 Å². The highest BCUT2D eigenvalue weighted by molar-refractivity contribution is 6.30. The van der Waals surface area contributed by atoms with Gasteiger partial charge in [0.05, 0.1) is 5.92 Å². The summed E-state index contributed by atoms with van der Waals surface area (Å²) < 4.78 is 13.8. The fourth-order valence-corrected chi connectivity index (χ4v) is 4.16. The van der Waals surface area contributed by atoms with E-state index in [1.54, 1.807) is 12.2 Å². The standard InChI is InChI=1S/C16H18ClFN2/c17-15-10-20-9-13(19-5-1-2-6-19)8-11-7-12(18)3-4-14(15)16(11)20/h3-4,7,10,13-14H,1-2,5-6,8-9H2. The smallest absolute Gasteiger partial charge is 0.123 e. The molecule has 20 heavy (non-hydrogen) atoms. The molecule has 0 spiro atoms. The molecule has 3 aliphatic heterocycles. The lowest BCUT2D eigenvalue weighted by atomic mass is 9.93. The Morgan fingerprint density at radius 1 is 1.25 bits per heavy atom. The fourth-order valence-electron chi connectivity index (χ4n) is 3.86. The van der Waals surface area contributed by atoms with E-state index in [-0.39, 0.29) is 11.7 Å². The van der Waals surface area contributed by atoms with Crippen molar-refractivity contribution >= 4 is 11.6 Å². The Hall–Kier alpha value is -1.06. The van der Waals surface area contributed by atoms with E-state index in [9.17, 15) is 4.39 Å². The van der Waals surface area contributed by atoms with Gasteiger partial charge in [0.2, 0.25) is 0 Å². The number of likely N-dealkylation sites (tertiary alicyclic amines) is 1. The van der Waals surface area contributed by atoms with Crippen LogP contribution < -0.4 is 0 Å². The van der Waals surface area contributed by atoms with Crippen molar-refractivity contribution in [3.8, 4) is 0 Å². The number of halogens is 2. The molecule has 4 rings (SSSR count). The van der Waals surface area contributed by atoms with Crippen molar-refractivity contribution in [3.05, 3.63) is 46.6 Å². The Morgan fingerprint density at radius 2 is 2.05 bits per heavy atom. The molecule has 0 saturated carbocycles. The third kappa shape index (κ3) is 1.95. The van der Waals surface area contributed by atoms with Crippen molar-refractivity contribution in [2.75, 3.05) is 19.6 Å². The van der Waals surface area contributed by atoms with Crippen molar-refractivity contribution in [2.45, 2.75) is 25.3 Å². The van der Waals surface area contributed by atoms with E-state index in [4.69, 9.17) is 11.6 Å². The molecule has 1 saturated heterocycles. The summed E-state index contributed by atoms with van der Waals surface area (Å²) in [4.78, 5) is 4.79. The zero-order valence-corrected chi connectivity index (χ0v) is 12.1. The monoisotopic (exact) mass is 292 g/mol. The number of rotatable bonds is 1. The van der Waals surface area contributed by atoms with E-state index < -0.39 is 0 Å². The van der Waals surface area contributed by atoms with Gasteiger partial charge in [-0.25, -0.2) is 4.39 Å². The Morgan fingerprint density at radius 3 is 2.85 bits per heavy atom. The molecule has 0 aromatic carbocycles. The lowest BCUT2D eigenvalue weighted by molar-refractivity contribution is 0.192. The third-order valence-electron chi connectivity index (χ3n) is 4.79. The summed E-state index contributed by atoms with van der Waals surface area (Å²) in [5.74, 6) is -0.107. The van der Waals surface area contributed by atoms with E-state index in [1.165, 1.54) is 31.6 Å². The van der Waals surface area contributed by atoms with Gasteiger partial charge in [0, 0.05) is 29.5 Å². The Kier molecular flexibility index (Phi) is 3.00. The average Bonchev–Trinajstić information content (AvgIpc) is 2.99. The van der Waals surface area contributed by atoms with Gasteiger partial charge in [0.15, 0.2) is 0 Å². The predicted molar refractivity (Wildman–Crippen MR) is 78.7 cm³/mol. The van der Waals surface area contributed by atoms with Crippen LogP contribution in [0.5, 0.6) is 0 Å². The number of hydrogen-bond donors (Lipinski definition) is 0. The SMILES string of the molecule is FC1=CC2=C3C(C=C1)C(Cl)=CN3CC(N1CCCC1)C2. The lowest BCUT2D eigenvalue weighted by Gasteiger charge is -2.38. The summed E-state index contributed by atoms with van der Waals surface area (Å²) in [6, 6.07) is 0.484. The van der Waals surface area contributed by atoms with Crippen LogP contribution in [0.1, 0.15) is 19.3 Å². The van der Waals surface area contributed by atoms with Crippen LogP contribution in [0.4, 0.5) is 4.39 Å². The highest BCUT2D eigenvalue weighted by Crippen LogP contribution is 2.43. The van der Waals surface area contributed by atoms with Crippen molar-refractivity contribution in [3.63, 3.8) is 0 Å². The molecule has 0 radical (unpaired) electrons. The number of allylic oxidation sites excluding steroid dienone is 4. The van der Waals surface area contributed by atoms with Crippen molar-refractivity contribution in [1.29, 1.82) is 0 Å².